The highest BCUT2D eigenvalue weighted by atomic mass is 16.5. The minimum atomic E-state index is -0.454. The van der Waals surface area contributed by atoms with Gasteiger partial charge >= 0.3 is 12.0 Å². The van der Waals surface area contributed by atoms with E-state index in [4.69, 9.17) is 10.5 Å². The zero-order chi connectivity index (χ0) is 17.1. The molecule has 1 saturated carbocycles. The third-order valence-electron chi connectivity index (χ3n) is 3.62. The summed E-state index contributed by atoms with van der Waals surface area (Å²) in [4.78, 5) is 23.4. The number of esters is 1. The van der Waals surface area contributed by atoms with Gasteiger partial charge in [0, 0.05) is 24.0 Å². The lowest BCUT2D eigenvalue weighted by Crippen LogP contribution is -2.33. The van der Waals surface area contributed by atoms with Crippen LogP contribution in [-0.4, -0.2) is 40.5 Å². The molecule has 1 aromatic carbocycles. The molecule has 24 heavy (non-hydrogen) atoms. The standard InChI is InChI=1S/C16H19N5O3/c1-2-24-15(22)13-7-8-21(20-13)11-5-3-10(4-6-11)18-16(23)19-14-9-12(14)17/h3-8,12,14H,2,9,17H2,1H3,(H2,18,19,23)/t12-,14-/m1/s1. The number of carbonyl (C=O) groups excluding carboxylic acids is 2. The molecule has 0 unspecified atom stereocenters. The summed E-state index contributed by atoms with van der Waals surface area (Å²) >= 11 is 0. The Morgan fingerprint density at radius 3 is 2.67 bits per heavy atom. The summed E-state index contributed by atoms with van der Waals surface area (Å²) in [6.45, 7) is 2.05. The van der Waals surface area contributed by atoms with E-state index in [2.05, 4.69) is 15.7 Å². The summed E-state index contributed by atoms with van der Waals surface area (Å²) in [5.41, 5.74) is 7.32. The van der Waals surface area contributed by atoms with E-state index in [9.17, 15) is 9.59 Å². The van der Waals surface area contributed by atoms with Crippen LogP contribution in [0.15, 0.2) is 36.5 Å². The molecule has 1 heterocycles. The molecule has 0 aliphatic heterocycles. The average Bonchev–Trinajstić information content (AvgIpc) is 3.05. The van der Waals surface area contributed by atoms with E-state index in [1.54, 1.807) is 48.1 Å². The molecular formula is C16H19N5O3. The molecule has 1 aliphatic rings. The molecule has 1 aliphatic carbocycles. The number of benzene rings is 1. The molecule has 0 spiro atoms. The molecule has 4 N–H and O–H groups in total. The Morgan fingerprint density at radius 2 is 2.04 bits per heavy atom. The molecule has 126 valence electrons. The van der Waals surface area contributed by atoms with Gasteiger partial charge in [0.05, 0.1) is 12.3 Å². The summed E-state index contributed by atoms with van der Waals surface area (Å²) in [5.74, 6) is -0.454. The maximum Gasteiger partial charge on any atom is 0.358 e. The van der Waals surface area contributed by atoms with Crippen molar-refractivity contribution in [2.24, 2.45) is 5.73 Å². The van der Waals surface area contributed by atoms with Crippen LogP contribution in [0.3, 0.4) is 0 Å². The number of nitrogens with zero attached hydrogens (tertiary/aromatic N) is 2. The van der Waals surface area contributed by atoms with Gasteiger partial charge in [0.1, 0.15) is 0 Å². The fourth-order valence-corrected chi connectivity index (χ4v) is 2.20. The van der Waals surface area contributed by atoms with E-state index >= 15 is 0 Å². The van der Waals surface area contributed by atoms with Gasteiger partial charge in [-0.25, -0.2) is 14.3 Å². The van der Waals surface area contributed by atoms with Crippen molar-refractivity contribution in [2.45, 2.75) is 25.4 Å². The molecule has 8 heteroatoms. The van der Waals surface area contributed by atoms with E-state index in [0.717, 1.165) is 12.1 Å². The summed E-state index contributed by atoms with van der Waals surface area (Å²) in [5, 5.41) is 9.70. The Labute approximate surface area is 139 Å². The zero-order valence-corrected chi connectivity index (χ0v) is 13.2. The second-order valence-electron chi connectivity index (χ2n) is 5.52. The van der Waals surface area contributed by atoms with Gasteiger partial charge < -0.3 is 21.1 Å². The van der Waals surface area contributed by atoms with Crippen LogP contribution in [0.4, 0.5) is 10.5 Å². The van der Waals surface area contributed by atoms with Crippen molar-refractivity contribution in [3.63, 3.8) is 0 Å². The highest BCUT2D eigenvalue weighted by Gasteiger charge is 2.34. The van der Waals surface area contributed by atoms with Crippen LogP contribution >= 0.6 is 0 Å². The van der Waals surface area contributed by atoms with Crippen molar-refractivity contribution in [1.82, 2.24) is 15.1 Å². The molecule has 3 rings (SSSR count). The average molecular weight is 329 g/mol. The van der Waals surface area contributed by atoms with Gasteiger partial charge in [0.15, 0.2) is 5.69 Å². The smallest absolute Gasteiger partial charge is 0.358 e. The van der Waals surface area contributed by atoms with E-state index in [1.807, 2.05) is 0 Å². The topological polar surface area (TPSA) is 111 Å². The maximum absolute atomic E-state index is 11.8. The summed E-state index contributed by atoms with van der Waals surface area (Å²) in [6.07, 6.45) is 2.49. The quantitative estimate of drug-likeness (QED) is 0.715. The number of aromatic nitrogens is 2. The van der Waals surface area contributed by atoms with Crippen molar-refractivity contribution in [3.8, 4) is 5.69 Å². The first-order chi connectivity index (χ1) is 11.6. The molecule has 0 radical (unpaired) electrons. The van der Waals surface area contributed by atoms with Gasteiger partial charge in [0.2, 0.25) is 0 Å². The minimum absolute atomic E-state index is 0.0616. The number of ether oxygens (including phenoxy) is 1. The van der Waals surface area contributed by atoms with Gasteiger partial charge in [-0.2, -0.15) is 5.10 Å². The third-order valence-corrected chi connectivity index (χ3v) is 3.62. The summed E-state index contributed by atoms with van der Waals surface area (Å²) in [6, 6.07) is 8.55. The fraction of sp³-hybridized carbons (Fsp3) is 0.312. The number of carbonyl (C=O) groups is 2. The van der Waals surface area contributed by atoms with Crippen LogP contribution in [0, 0.1) is 0 Å². The number of rotatable bonds is 5. The van der Waals surface area contributed by atoms with Gasteiger partial charge in [-0.15, -0.1) is 0 Å². The molecule has 1 fully saturated rings. The summed E-state index contributed by atoms with van der Waals surface area (Å²) in [7, 11) is 0. The first-order valence-corrected chi connectivity index (χ1v) is 7.73. The molecule has 2 amide bonds. The number of urea groups is 1. The molecule has 2 aromatic rings. The number of hydrogen-bond acceptors (Lipinski definition) is 5. The number of amides is 2. The minimum Gasteiger partial charge on any atom is -0.461 e. The van der Waals surface area contributed by atoms with Crippen LogP contribution in [0.1, 0.15) is 23.8 Å². The van der Waals surface area contributed by atoms with E-state index in [-0.39, 0.29) is 23.8 Å². The highest BCUT2D eigenvalue weighted by molar-refractivity contribution is 5.90. The normalized spacial score (nSPS) is 18.8. The van der Waals surface area contributed by atoms with Crippen molar-refractivity contribution in [3.05, 3.63) is 42.2 Å². The molecule has 0 saturated heterocycles. The van der Waals surface area contributed by atoms with E-state index < -0.39 is 5.97 Å². The Kier molecular flexibility index (Phi) is 4.48. The Balaban J connectivity index is 1.61. The van der Waals surface area contributed by atoms with E-state index in [1.165, 1.54) is 0 Å². The molecular weight excluding hydrogens is 310 g/mol. The first kappa shape index (κ1) is 16.0. The first-order valence-electron chi connectivity index (χ1n) is 7.73. The Hall–Kier alpha value is -2.87. The second-order valence-corrected chi connectivity index (χ2v) is 5.52. The van der Waals surface area contributed by atoms with Crippen molar-refractivity contribution < 1.29 is 14.3 Å². The highest BCUT2D eigenvalue weighted by Crippen LogP contribution is 2.18. The maximum atomic E-state index is 11.8. The molecule has 1 aromatic heterocycles. The predicted molar refractivity (Wildman–Crippen MR) is 88.1 cm³/mol. The lowest BCUT2D eigenvalue weighted by atomic mass is 10.3. The van der Waals surface area contributed by atoms with E-state index in [0.29, 0.717) is 12.3 Å². The van der Waals surface area contributed by atoms with Gasteiger partial charge in [-0.3, -0.25) is 0 Å². The van der Waals surface area contributed by atoms with Gasteiger partial charge in [-0.05, 0) is 43.7 Å². The lowest BCUT2D eigenvalue weighted by molar-refractivity contribution is 0.0519. The van der Waals surface area contributed by atoms with Crippen LogP contribution in [0.2, 0.25) is 0 Å². The largest absolute Gasteiger partial charge is 0.461 e. The molecule has 8 nitrogen and oxygen atoms in total. The number of nitrogens with one attached hydrogen (secondary N) is 2. The van der Waals surface area contributed by atoms with Gasteiger partial charge in [-0.1, -0.05) is 0 Å². The fourth-order valence-electron chi connectivity index (χ4n) is 2.20. The van der Waals surface area contributed by atoms with Crippen LogP contribution in [0.25, 0.3) is 5.69 Å². The lowest BCUT2D eigenvalue weighted by Gasteiger charge is -2.08. The van der Waals surface area contributed by atoms with Crippen molar-refractivity contribution in [1.29, 1.82) is 0 Å². The third kappa shape index (κ3) is 3.72. The van der Waals surface area contributed by atoms with Crippen molar-refractivity contribution in [2.75, 3.05) is 11.9 Å². The Bertz CT molecular complexity index is 740. The zero-order valence-electron chi connectivity index (χ0n) is 13.2. The molecule has 0 bridgehead atoms. The number of hydrogen-bond donors (Lipinski definition) is 3. The number of nitrogens with two attached hydrogens (primary N) is 1. The SMILES string of the molecule is CCOC(=O)c1ccn(-c2ccc(NC(=O)N[C@@H]3C[C@H]3N)cc2)n1. The predicted octanol–water partition coefficient (Wildman–Crippen LogP) is 1.27. The monoisotopic (exact) mass is 329 g/mol. The van der Waals surface area contributed by atoms with Crippen molar-refractivity contribution >= 4 is 17.7 Å². The Morgan fingerprint density at radius 1 is 1.33 bits per heavy atom. The van der Waals surface area contributed by atoms with Gasteiger partial charge in [0.25, 0.3) is 0 Å². The van der Waals surface area contributed by atoms with Crippen LogP contribution < -0.4 is 16.4 Å². The second kappa shape index (κ2) is 6.71. The number of anilines is 1. The van der Waals surface area contributed by atoms with Crippen LogP contribution in [-0.2, 0) is 4.74 Å². The summed E-state index contributed by atoms with van der Waals surface area (Å²) < 4.78 is 6.47. The molecule has 2 atom stereocenters. The van der Waals surface area contributed by atoms with Crippen LogP contribution in [0.5, 0.6) is 0 Å².